The van der Waals surface area contributed by atoms with E-state index in [2.05, 4.69) is 10.3 Å². The fraction of sp³-hybridized carbons (Fsp3) is 0. The molecule has 5 heteroatoms. The number of aromatic nitrogens is 1. The minimum Gasteiger partial charge on any atom is -0.399 e. The van der Waals surface area contributed by atoms with Gasteiger partial charge < -0.3 is 16.8 Å². The highest BCUT2D eigenvalue weighted by Gasteiger charge is 2.14. The lowest BCUT2D eigenvalue weighted by atomic mass is 10.0. The van der Waals surface area contributed by atoms with Gasteiger partial charge in [-0.3, -0.25) is 9.78 Å². The molecule has 1 amide bonds. The summed E-state index contributed by atoms with van der Waals surface area (Å²) < 4.78 is 0. The highest BCUT2D eigenvalue weighted by molar-refractivity contribution is 6.14. The third kappa shape index (κ3) is 3.30. The molecule has 0 fully saturated rings. The van der Waals surface area contributed by atoms with Gasteiger partial charge in [0.2, 0.25) is 0 Å². The standard InChI is InChI=1S/C22H18N4O/c23-15-7-5-14(6-8-15)21-19-4-2-1-3-18(19)20(13-25-21)22(27)26-17-11-9-16(24)10-12-17/h1-13H,23-24H2,(H,26,27). The largest absolute Gasteiger partial charge is 0.399 e. The Labute approximate surface area is 156 Å². The summed E-state index contributed by atoms with van der Waals surface area (Å²) in [5, 5.41) is 4.64. The second kappa shape index (κ2) is 6.80. The average Bonchev–Trinajstić information content (AvgIpc) is 2.69. The number of rotatable bonds is 3. The lowest BCUT2D eigenvalue weighted by Gasteiger charge is -2.11. The molecule has 0 aliphatic carbocycles. The predicted molar refractivity (Wildman–Crippen MR) is 110 cm³/mol. The molecule has 1 heterocycles. The molecular weight excluding hydrogens is 336 g/mol. The summed E-state index contributed by atoms with van der Waals surface area (Å²) in [4.78, 5) is 17.4. The molecule has 5 nitrogen and oxygen atoms in total. The normalized spacial score (nSPS) is 10.7. The molecule has 0 saturated heterocycles. The van der Waals surface area contributed by atoms with Gasteiger partial charge in [-0.15, -0.1) is 0 Å². The van der Waals surface area contributed by atoms with Crippen LogP contribution in [0.4, 0.5) is 17.1 Å². The van der Waals surface area contributed by atoms with Gasteiger partial charge in [0.05, 0.1) is 11.3 Å². The predicted octanol–water partition coefficient (Wildman–Crippen LogP) is 4.32. The Hall–Kier alpha value is -3.86. The summed E-state index contributed by atoms with van der Waals surface area (Å²) >= 11 is 0. The number of hydrogen-bond acceptors (Lipinski definition) is 4. The number of nitrogen functional groups attached to an aromatic ring is 2. The maximum atomic E-state index is 12.8. The zero-order valence-electron chi connectivity index (χ0n) is 14.5. The Bertz CT molecular complexity index is 1120. The Morgan fingerprint density at radius 2 is 1.37 bits per heavy atom. The number of carbonyl (C=O) groups is 1. The lowest BCUT2D eigenvalue weighted by Crippen LogP contribution is -2.13. The first-order valence-corrected chi connectivity index (χ1v) is 8.52. The zero-order valence-corrected chi connectivity index (χ0v) is 14.5. The Kier molecular flexibility index (Phi) is 4.18. The Balaban J connectivity index is 1.76. The number of amides is 1. The number of benzene rings is 3. The van der Waals surface area contributed by atoms with Crippen molar-refractivity contribution in [3.8, 4) is 11.3 Å². The molecule has 0 radical (unpaired) electrons. The van der Waals surface area contributed by atoms with Gasteiger partial charge in [0.1, 0.15) is 0 Å². The SMILES string of the molecule is Nc1ccc(NC(=O)c2cnc(-c3ccc(N)cc3)c3ccccc23)cc1. The topological polar surface area (TPSA) is 94.0 Å². The van der Waals surface area contributed by atoms with Gasteiger partial charge in [0.25, 0.3) is 5.91 Å². The summed E-state index contributed by atoms with van der Waals surface area (Å²) in [6.45, 7) is 0. The molecule has 0 aliphatic rings. The van der Waals surface area contributed by atoms with Gasteiger partial charge in [-0.05, 0) is 41.8 Å². The van der Waals surface area contributed by atoms with Crippen LogP contribution in [0.25, 0.3) is 22.0 Å². The molecule has 3 aromatic carbocycles. The molecule has 5 N–H and O–H groups in total. The minimum absolute atomic E-state index is 0.215. The van der Waals surface area contributed by atoms with Crippen LogP contribution >= 0.6 is 0 Å². The molecule has 132 valence electrons. The summed E-state index contributed by atoms with van der Waals surface area (Å²) in [6, 6.07) is 22.3. The average molecular weight is 354 g/mol. The molecule has 0 bridgehead atoms. The molecule has 4 rings (SSSR count). The van der Waals surface area contributed by atoms with Gasteiger partial charge in [0, 0.05) is 34.2 Å². The highest BCUT2D eigenvalue weighted by Crippen LogP contribution is 2.29. The Morgan fingerprint density at radius 3 is 2.04 bits per heavy atom. The van der Waals surface area contributed by atoms with E-state index in [1.807, 2.05) is 48.5 Å². The van der Waals surface area contributed by atoms with Crippen molar-refractivity contribution < 1.29 is 4.79 Å². The first-order valence-electron chi connectivity index (χ1n) is 8.52. The summed E-state index contributed by atoms with van der Waals surface area (Å²) in [6.07, 6.45) is 1.61. The monoisotopic (exact) mass is 354 g/mol. The van der Waals surface area contributed by atoms with Crippen molar-refractivity contribution in [3.63, 3.8) is 0 Å². The van der Waals surface area contributed by atoms with Gasteiger partial charge in [-0.25, -0.2) is 0 Å². The Morgan fingerprint density at radius 1 is 0.778 bits per heavy atom. The first-order chi connectivity index (χ1) is 13.1. The van der Waals surface area contributed by atoms with E-state index in [4.69, 9.17) is 11.5 Å². The van der Waals surface area contributed by atoms with Crippen LogP contribution in [-0.4, -0.2) is 10.9 Å². The summed E-state index contributed by atoms with van der Waals surface area (Å²) in [5.74, 6) is -0.215. The van der Waals surface area contributed by atoms with E-state index in [9.17, 15) is 4.79 Å². The minimum atomic E-state index is -0.215. The van der Waals surface area contributed by atoms with Gasteiger partial charge in [0.15, 0.2) is 0 Å². The van der Waals surface area contributed by atoms with Crippen LogP contribution < -0.4 is 16.8 Å². The van der Waals surface area contributed by atoms with E-state index in [1.54, 1.807) is 30.5 Å². The van der Waals surface area contributed by atoms with Crippen LogP contribution in [0.15, 0.2) is 79.0 Å². The summed E-state index contributed by atoms with van der Waals surface area (Å²) in [5.41, 5.74) is 15.8. The van der Waals surface area contributed by atoms with Crippen LogP contribution in [0.1, 0.15) is 10.4 Å². The molecule has 1 aromatic heterocycles. The van der Waals surface area contributed by atoms with Crippen molar-refractivity contribution >= 4 is 33.7 Å². The van der Waals surface area contributed by atoms with E-state index in [-0.39, 0.29) is 5.91 Å². The van der Waals surface area contributed by atoms with Crippen molar-refractivity contribution in [1.29, 1.82) is 0 Å². The van der Waals surface area contributed by atoms with Crippen molar-refractivity contribution in [2.24, 2.45) is 0 Å². The number of pyridine rings is 1. The van der Waals surface area contributed by atoms with Crippen LogP contribution in [0.3, 0.4) is 0 Å². The molecule has 0 atom stereocenters. The van der Waals surface area contributed by atoms with Crippen LogP contribution in [0, 0.1) is 0 Å². The quantitative estimate of drug-likeness (QED) is 0.478. The van der Waals surface area contributed by atoms with E-state index >= 15 is 0 Å². The maximum Gasteiger partial charge on any atom is 0.257 e. The first kappa shape index (κ1) is 16.6. The van der Waals surface area contributed by atoms with Crippen LogP contribution in [0.2, 0.25) is 0 Å². The van der Waals surface area contributed by atoms with Gasteiger partial charge >= 0.3 is 0 Å². The summed E-state index contributed by atoms with van der Waals surface area (Å²) in [7, 11) is 0. The second-order valence-electron chi connectivity index (χ2n) is 6.26. The number of fused-ring (bicyclic) bond motifs is 1. The smallest absolute Gasteiger partial charge is 0.257 e. The molecule has 0 spiro atoms. The molecule has 0 saturated carbocycles. The third-order valence-electron chi connectivity index (χ3n) is 4.39. The van der Waals surface area contributed by atoms with Crippen molar-refractivity contribution in [1.82, 2.24) is 4.98 Å². The second-order valence-corrected chi connectivity index (χ2v) is 6.26. The molecule has 0 aliphatic heterocycles. The number of hydrogen-bond donors (Lipinski definition) is 3. The molecule has 4 aromatic rings. The number of nitrogens with one attached hydrogen (secondary N) is 1. The van der Waals surface area contributed by atoms with Crippen LogP contribution in [0.5, 0.6) is 0 Å². The van der Waals surface area contributed by atoms with Crippen molar-refractivity contribution in [2.45, 2.75) is 0 Å². The maximum absolute atomic E-state index is 12.8. The number of nitrogens with two attached hydrogens (primary N) is 2. The van der Waals surface area contributed by atoms with E-state index in [0.29, 0.717) is 22.6 Å². The van der Waals surface area contributed by atoms with Crippen molar-refractivity contribution in [2.75, 3.05) is 16.8 Å². The van der Waals surface area contributed by atoms with Crippen LogP contribution in [-0.2, 0) is 0 Å². The molecule has 0 unspecified atom stereocenters. The molecule has 27 heavy (non-hydrogen) atoms. The van der Waals surface area contributed by atoms with Crippen molar-refractivity contribution in [3.05, 3.63) is 84.6 Å². The van der Waals surface area contributed by atoms with Gasteiger partial charge in [-0.2, -0.15) is 0 Å². The highest BCUT2D eigenvalue weighted by atomic mass is 16.1. The van der Waals surface area contributed by atoms with E-state index < -0.39 is 0 Å². The van der Waals surface area contributed by atoms with E-state index in [0.717, 1.165) is 22.0 Å². The number of anilines is 3. The lowest BCUT2D eigenvalue weighted by molar-refractivity contribution is 0.102. The third-order valence-corrected chi connectivity index (χ3v) is 4.39. The fourth-order valence-corrected chi connectivity index (χ4v) is 3.01. The fourth-order valence-electron chi connectivity index (χ4n) is 3.01. The zero-order chi connectivity index (χ0) is 18.8. The van der Waals surface area contributed by atoms with Gasteiger partial charge in [-0.1, -0.05) is 36.4 Å². The van der Waals surface area contributed by atoms with E-state index in [1.165, 1.54) is 0 Å². The number of nitrogens with zero attached hydrogens (tertiary/aromatic N) is 1. The number of carbonyl (C=O) groups excluding carboxylic acids is 1. The molecular formula is C22H18N4O.